The van der Waals surface area contributed by atoms with Gasteiger partial charge in [0, 0.05) is 23.0 Å². The number of likely N-dealkylation sites (tertiary alicyclic amines) is 1. The van der Waals surface area contributed by atoms with Crippen LogP contribution in [0.4, 0.5) is 0 Å². The summed E-state index contributed by atoms with van der Waals surface area (Å²) in [5, 5.41) is 15.2. The van der Waals surface area contributed by atoms with E-state index >= 15 is 0 Å². The van der Waals surface area contributed by atoms with Crippen molar-refractivity contribution in [3.8, 4) is 0 Å². The third-order valence-electron chi connectivity index (χ3n) is 4.60. The van der Waals surface area contributed by atoms with E-state index in [9.17, 15) is 5.11 Å². The molecular weight excluding hydrogens is 350 g/mol. The minimum absolute atomic E-state index is 0.320. The molecule has 1 saturated heterocycles. The molecule has 7 heteroatoms. The van der Waals surface area contributed by atoms with Crippen molar-refractivity contribution in [2.45, 2.75) is 25.5 Å². The van der Waals surface area contributed by atoms with Crippen LogP contribution in [-0.2, 0) is 6.54 Å². The van der Waals surface area contributed by atoms with Gasteiger partial charge in [-0.05, 0) is 43.3 Å². The standard InChI is InChI=1S/C16H18ClN3OS2/c17-15-12(20-7-9-23-16(20)18-15)10-19-5-3-11(4-6-19)14(21)13-2-1-8-22-13/h1-2,7-9,11,14,21H,3-6,10H2. The molecule has 0 spiro atoms. The first kappa shape index (κ1) is 15.6. The highest BCUT2D eigenvalue weighted by Crippen LogP contribution is 2.33. The number of nitrogens with zero attached hydrogens (tertiary/aromatic N) is 3. The van der Waals surface area contributed by atoms with Gasteiger partial charge in [-0.25, -0.2) is 4.98 Å². The van der Waals surface area contributed by atoms with Gasteiger partial charge in [0.25, 0.3) is 0 Å². The predicted octanol–water partition coefficient (Wildman–Crippen LogP) is 4.06. The van der Waals surface area contributed by atoms with Crippen molar-refractivity contribution in [1.82, 2.24) is 14.3 Å². The number of hydrogen-bond acceptors (Lipinski definition) is 5. The summed E-state index contributed by atoms with van der Waals surface area (Å²) in [5.41, 5.74) is 1.07. The van der Waals surface area contributed by atoms with Gasteiger partial charge in [-0.15, -0.1) is 22.7 Å². The molecule has 4 rings (SSSR count). The number of imidazole rings is 1. The number of fused-ring (bicyclic) bond motifs is 1. The van der Waals surface area contributed by atoms with Crippen LogP contribution in [0.15, 0.2) is 29.1 Å². The fourth-order valence-corrected chi connectivity index (χ4v) is 5.10. The van der Waals surface area contributed by atoms with Crippen molar-refractivity contribution < 1.29 is 5.11 Å². The lowest BCUT2D eigenvalue weighted by Gasteiger charge is -2.33. The molecule has 4 heterocycles. The van der Waals surface area contributed by atoms with Crippen LogP contribution in [-0.4, -0.2) is 32.5 Å². The highest BCUT2D eigenvalue weighted by atomic mass is 35.5. The number of halogens is 1. The lowest BCUT2D eigenvalue weighted by atomic mass is 9.90. The Balaban J connectivity index is 1.40. The van der Waals surface area contributed by atoms with Gasteiger partial charge in [0.2, 0.25) is 0 Å². The highest BCUT2D eigenvalue weighted by Gasteiger charge is 2.27. The SMILES string of the molecule is OC(c1cccs1)C1CCN(Cc2c(Cl)nc3sccn23)CC1. The third-order valence-corrected chi connectivity index (χ3v) is 6.60. The van der Waals surface area contributed by atoms with Crippen molar-refractivity contribution >= 4 is 39.2 Å². The maximum Gasteiger partial charge on any atom is 0.195 e. The van der Waals surface area contributed by atoms with Crippen molar-refractivity contribution in [3.63, 3.8) is 0 Å². The maximum absolute atomic E-state index is 10.5. The average Bonchev–Trinajstić information content (AvgIpc) is 3.28. The average molecular weight is 368 g/mol. The highest BCUT2D eigenvalue weighted by molar-refractivity contribution is 7.15. The Morgan fingerprint density at radius 2 is 2.13 bits per heavy atom. The predicted molar refractivity (Wildman–Crippen MR) is 95.4 cm³/mol. The van der Waals surface area contributed by atoms with Crippen molar-refractivity contribution in [1.29, 1.82) is 0 Å². The van der Waals surface area contributed by atoms with Crippen LogP contribution in [0.25, 0.3) is 4.96 Å². The number of rotatable bonds is 4. The molecule has 0 aliphatic carbocycles. The number of thiazole rings is 1. The third kappa shape index (κ3) is 3.06. The molecule has 0 radical (unpaired) electrons. The smallest absolute Gasteiger partial charge is 0.195 e. The number of aliphatic hydroxyl groups is 1. The lowest BCUT2D eigenvalue weighted by molar-refractivity contribution is 0.0587. The molecule has 0 bridgehead atoms. The van der Waals surface area contributed by atoms with E-state index in [2.05, 4.69) is 14.3 Å². The van der Waals surface area contributed by atoms with Crippen molar-refractivity contribution in [3.05, 3.63) is 44.8 Å². The number of piperidine rings is 1. The molecule has 23 heavy (non-hydrogen) atoms. The minimum atomic E-state index is -0.320. The lowest BCUT2D eigenvalue weighted by Crippen LogP contribution is -2.35. The Kier molecular flexibility index (Phi) is 4.43. The Morgan fingerprint density at radius 3 is 2.87 bits per heavy atom. The molecule has 1 aliphatic heterocycles. The summed E-state index contributed by atoms with van der Waals surface area (Å²) in [7, 11) is 0. The summed E-state index contributed by atoms with van der Waals surface area (Å²) in [5.74, 6) is 0.354. The minimum Gasteiger partial charge on any atom is -0.387 e. The molecule has 1 atom stereocenters. The Labute approximate surface area is 148 Å². The second-order valence-corrected chi connectivity index (χ2v) is 8.19. The molecule has 122 valence electrons. The van der Waals surface area contributed by atoms with Crippen LogP contribution in [0.5, 0.6) is 0 Å². The fourth-order valence-electron chi connectivity index (χ4n) is 3.28. The summed E-state index contributed by atoms with van der Waals surface area (Å²) in [6.07, 6.45) is 3.74. The van der Waals surface area contributed by atoms with E-state index in [1.807, 2.05) is 29.1 Å². The monoisotopic (exact) mass is 367 g/mol. The van der Waals surface area contributed by atoms with Crippen LogP contribution in [0.2, 0.25) is 5.15 Å². The maximum atomic E-state index is 10.5. The second-order valence-electron chi connectivity index (χ2n) is 5.98. The molecular formula is C16H18ClN3OS2. The molecule has 3 aromatic heterocycles. The largest absolute Gasteiger partial charge is 0.387 e. The summed E-state index contributed by atoms with van der Waals surface area (Å²) >= 11 is 9.53. The zero-order valence-electron chi connectivity index (χ0n) is 12.6. The van der Waals surface area contributed by atoms with E-state index in [1.54, 1.807) is 22.7 Å². The second kappa shape index (κ2) is 6.53. The van der Waals surface area contributed by atoms with Crippen LogP contribution < -0.4 is 0 Å². The van der Waals surface area contributed by atoms with E-state index in [0.29, 0.717) is 11.1 Å². The Morgan fingerprint density at radius 1 is 1.30 bits per heavy atom. The summed E-state index contributed by atoms with van der Waals surface area (Å²) < 4.78 is 2.08. The quantitative estimate of drug-likeness (QED) is 0.756. The Hall–Kier alpha value is -0.920. The van der Waals surface area contributed by atoms with E-state index < -0.39 is 0 Å². The molecule has 0 saturated carbocycles. The molecule has 4 nitrogen and oxygen atoms in total. The van der Waals surface area contributed by atoms with Crippen molar-refractivity contribution in [2.24, 2.45) is 5.92 Å². The summed E-state index contributed by atoms with van der Waals surface area (Å²) in [4.78, 5) is 8.84. The zero-order chi connectivity index (χ0) is 15.8. The van der Waals surface area contributed by atoms with Gasteiger partial charge in [0.15, 0.2) is 10.1 Å². The molecule has 1 aliphatic rings. The number of hydrogen-bond donors (Lipinski definition) is 1. The van der Waals surface area contributed by atoms with E-state index in [1.165, 1.54) is 0 Å². The first-order valence-corrected chi connectivity index (χ1v) is 9.90. The van der Waals surface area contributed by atoms with Crippen LogP contribution in [0, 0.1) is 5.92 Å². The normalized spacial score (nSPS) is 18.7. The van der Waals surface area contributed by atoms with Crippen LogP contribution in [0.3, 0.4) is 0 Å². The topological polar surface area (TPSA) is 40.8 Å². The number of aromatic nitrogens is 2. The van der Waals surface area contributed by atoms with Gasteiger partial charge in [-0.2, -0.15) is 0 Å². The molecule has 3 aromatic rings. The van der Waals surface area contributed by atoms with Crippen LogP contribution >= 0.6 is 34.3 Å². The molecule has 1 fully saturated rings. The summed E-state index contributed by atoms with van der Waals surface area (Å²) in [6, 6.07) is 4.03. The zero-order valence-corrected chi connectivity index (χ0v) is 14.9. The van der Waals surface area contributed by atoms with Gasteiger partial charge in [0.05, 0.1) is 11.8 Å². The molecule has 0 aromatic carbocycles. The van der Waals surface area contributed by atoms with E-state index in [4.69, 9.17) is 11.6 Å². The number of thiophene rings is 1. The van der Waals surface area contributed by atoms with Crippen LogP contribution in [0.1, 0.15) is 29.5 Å². The van der Waals surface area contributed by atoms with Gasteiger partial charge in [0.1, 0.15) is 0 Å². The van der Waals surface area contributed by atoms with Gasteiger partial charge in [-0.1, -0.05) is 17.7 Å². The van der Waals surface area contributed by atoms with Gasteiger partial charge >= 0.3 is 0 Å². The molecule has 1 unspecified atom stereocenters. The van der Waals surface area contributed by atoms with Crippen molar-refractivity contribution in [2.75, 3.05) is 13.1 Å². The first-order valence-electron chi connectivity index (χ1n) is 7.76. The first-order chi connectivity index (χ1) is 11.2. The summed E-state index contributed by atoms with van der Waals surface area (Å²) in [6.45, 7) is 2.79. The fraction of sp³-hybridized carbons (Fsp3) is 0.438. The van der Waals surface area contributed by atoms with E-state index in [0.717, 1.165) is 48.0 Å². The Bertz CT molecular complexity index is 775. The molecule has 0 amide bonds. The molecule has 1 N–H and O–H groups in total. The van der Waals surface area contributed by atoms with Gasteiger partial charge in [-0.3, -0.25) is 9.30 Å². The van der Waals surface area contributed by atoms with Gasteiger partial charge < -0.3 is 5.11 Å². The number of aliphatic hydroxyl groups excluding tert-OH is 1. The van der Waals surface area contributed by atoms with E-state index in [-0.39, 0.29) is 6.10 Å².